The van der Waals surface area contributed by atoms with Crippen LogP contribution >= 0.6 is 0 Å². The van der Waals surface area contributed by atoms with Gasteiger partial charge in [0, 0.05) is 6.07 Å². The van der Waals surface area contributed by atoms with E-state index >= 15 is 0 Å². The predicted molar refractivity (Wildman–Crippen MR) is 56.3 cm³/mol. The summed E-state index contributed by atoms with van der Waals surface area (Å²) in [7, 11) is 0. The van der Waals surface area contributed by atoms with Gasteiger partial charge in [-0.15, -0.1) is 0 Å². The Morgan fingerprint density at radius 3 is 2.06 bits per heavy atom. The molecule has 1 rings (SSSR count). The van der Waals surface area contributed by atoms with Gasteiger partial charge in [0.25, 0.3) is 0 Å². The van der Waals surface area contributed by atoms with E-state index in [4.69, 9.17) is 19.7 Å². The van der Waals surface area contributed by atoms with Crippen molar-refractivity contribution in [3.8, 4) is 11.5 Å². The average molecular weight is 230 g/mol. The smallest absolute Gasteiger partial charge is 0.164 e. The Morgan fingerprint density at radius 1 is 1.06 bits per heavy atom. The monoisotopic (exact) mass is 230 g/mol. The zero-order valence-corrected chi connectivity index (χ0v) is 9.07. The van der Waals surface area contributed by atoms with Crippen LogP contribution in [0.25, 0.3) is 0 Å². The lowest BCUT2D eigenvalue weighted by Gasteiger charge is -2.12. The highest BCUT2D eigenvalue weighted by molar-refractivity contribution is 5.43. The van der Waals surface area contributed by atoms with Gasteiger partial charge in [0.1, 0.15) is 19.0 Å². The second kappa shape index (κ2) is 6.30. The van der Waals surface area contributed by atoms with E-state index in [0.29, 0.717) is 11.3 Å². The summed E-state index contributed by atoms with van der Waals surface area (Å²) in [6.45, 7) is 1.50. The second-order valence-electron chi connectivity index (χ2n) is 3.19. The van der Waals surface area contributed by atoms with E-state index in [0.717, 1.165) is 0 Å². The van der Waals surface area contributed by atoms with Crippen LogP contribution in [0.4, 0.5) is 4.39 Å². The molecular formula is C11H15FO4. The molecule has 0 heterocycles. The molecule has 0 aliphatic heterocycles. The zero-order chi connectivity index (χ0) is 12.0. The number of benzene rings is 1. The summed E-state index contributed by atoms with van der Waals surface area (Å²) in [4.78, 5) is 0. The number of aliphatic hydroxyl groups excluding tert-OH is 2. The van der Waals surface area contributed by atoms with Gasteiger partial charge in [0.2, 0.25) is 0 Å². The molecule has 0 unspecified atom stereocenters. The first kappa shape index (κ1) is 12.7. The number of ether oxygens (including phenoxy) is 2. The van der Waals surface area contributed by atoms with Crippen LogP contribution in [-0.2, 0) is 0 Å². The predicted octanol–water partition coefficient (Wildman–Crippen LogP) is 0.876. The minimum atomic E-state index is -0.399. The average Bonchev–Trinajstić information content (AvgIpc) is 2.28. The van der Waals surface area contributed by atoms with Crippen molar-refractivity contribution < 1.29 is 24.1 Å². The molecule has 0 spiro atoms. The van der Waals surface area contributed by atoms with Crippen LogP contribution in [0.1, 0.15) is 5.56 Å². The molecule has 16 heavy (non-hydrogen) atoms. The molecule has 4 nitrogen and oxygen atoms in total. The molecule has 1 aromatic rings. The fraction of sp³-hybridized carbons (Fsp3) is 0.455. The maximum Gasteiger partial charge on any atom is 0.164 e. The molecule has 0 saturated carbocycles. The van der Waals surface area contributed by atoms with Crippen LogP contribution in [0, 0.1) is 12.7 Å². The van der Waals surface area contributed by atoms with E-state index in [-0.39, 0.29) is 32.2 Å². The van der Waals surface area contributed by atoms with Crippen molar-refractivity contribution in [1.82, 2.24) is 0 Å². The first-order valence-corrected chi connectivity index (χ1v) is 4.96. The van der Waals surface area contributed by atoms with Gasteiger partial charge in [0.15, 0.2) is 11.5 Å². The lowest BCUT2D eigenvalue weighted by atomic mass is 10.2. The lowest BCUT2D eigenvalue weighted by molar-refractivity contribution is 0.177. The number of halogens is 1. The second-order valence-corrected chi connectivity index (χ2v) is 3.19. The summed E-state index contributed by atoms with van der Waals surface area (Å²) >= 11 is 0. The Bertz CT molecular complexity index is 308. The van der Waals surface area contributed by atoms with Crippen LogP contribution in [-0.4, -0.2) is 36.6 Å². The maximum absolute atomic E-state index is 13.3. The van der Waals surface area contributed by atoms with E-state index in [1.807, 2.05) is 0 Å². The van der Waals surface area contributed by atoms with E-state index in [9.17, 15) is 4.39 Å². The SMILES string of the molecule is Cc1cc(OCCO)c(OCCO)cc1F. The Hall–Kier alpha value is -1.33. The van der Waals surface area contributed by atoms with Crippen molar-refractivity contribution in [1.29, 1.82) is 0 Å². The third-order valence-electron chi connectivity index (χ3n) is 1.92. The Labute approximate surface area is 93.2 Å². The molecule has 2 N–H and O–H groups in total. The van der Waals surface area contributed by atoms with Gasteiger partial charge in [-0.2, -0.15) is 0 Å². The Balaban J connectivity index is 2.87. The third kappa shape index (κ3) is 3.36. The topological polar surface area (TPSA) is 58.9 Å². The van der Waals surface area contributed by atoms with Crippen molar-refractivity contribution >= 4 is 0 Å². The molecule has 0 radical (unpaired) electrons. The maximum atomic E-state index is 13.3. The van der Waals surface area contributed by atoms with Crippen molar-refractivity contribution in [2.24, 2.45) is 0 Å². The summed E-state index contributed by atoms with van der Waals surface area (Å²) < 4.78 is 23.6. The van der Waals surface area contributed by atoms with Gasteiger partial charge in [-0.1, -0.05) is 0 Å². The fourth-order valence-electron chi connectivity index (χ4n) is 1.17. The summed E-state index contributed by atoms with van der Waals surface area (Å²) in [5.41, 5.74) is 0.435. The van der Waals surface area contributed by atoms with Crippen molar-refractivity contribution in [2.75, 3.05) is 26.4 Å². The van der Waals surface area contributed by atoms with Gasteiger partial charge in [-0.3, -0.25) is 0 Å². The van der Waals surface area contributed by atoms with Crippen LogP contribution in [0.2, 0.25) is 0 Å². The highest BCUT2D eigenvalue weighted by atomic mass is 19.1. The van der Waals surface area contributed by atoms with Gasteiger partial charge in [0.05, 0.1) is 13.2 Å². The molecule has 0 aliphatic rings. The van der Waals surface area contributed by atoms with Crippen molar-refractivity contribution in [2.45, 2.75) is 6.92 Å². The van der Waals surface area contributed by atoms with E-state index in [1.165, 1.54) is 12.1 Å². The van der Waals surface area contributed by atoms with Crippen molar-refractivity contribution in [3.63, 3.8) is 0 Å². The molecule has 0 bridgehead atoms. The standard InChI is InChI=1S/C11H15FO4/c1-8-6-10(15-4-2-13)11(7-9(8)12)16-5-3-14/h6-7,13-14H,2-5H2,1H3. The van der Waals surface area contributed by atoms with E-state index in [2.05, 4.69) is 0 Å². The largest absolute Gasteiger partial charge is 0.487 e. The summed E-state index contributed by atoms with van der Waals surface area (Å²) in [6.07, 6.45) is 0. The van der Waals surface area contributed by atoms with Gasteiger partial charge < -0.3 is 19.7 Å². The Kier molecular flexibility index (Phi) is 5.01. The molecule has 0 atom stereocenters. The number of hydrogen-bond donors (Lipinski definition) is 2. The molecule has 90 valence electrons. The molecule has 5 heteroatoms. The van der Waals surface area contributed by atoms with Crippen molar-refractivity contribution in [3.05, 3.63) is 23.5 Å². The number of aliphatic hydroxyl groups is 2. The molecule has 0 saturated heterocycles. The molecule has 0 amide bonds. The highest BCUT2D eigenvalue weighted by Gasteiger charge is 2.09. The Morgan fingerprint density at radius 2 is 1.56 bits per heavy atom. The minimum absolute atomic E-state index is 0.0674. The van der Waals surface area contributed by atoms with Gasteiger partial charge in [-0.25, -0.2) is 4.39 Å². The summed E-state index contributed by atoms with van der Waals surface area (Å²) in [5, 5.41) is 17.3. The molecule has 0 fully saturated rings. The van der Waals surface area contributed by atoms with E-state index in [1.54, 1.807) is 6.92 Å². The van der Waals surface area contributed by atoms with Crippen LogP contribution in [0.5, 0.6) is 11.5 Å². The summed E-state index contributed by atoms with van der Waals surface area (Å²) in [5.74, 6) is 0.191. The molecule has 0 aromatic heterocycles. The lowest BCUT2D eigenvalue weighted by Crippen LogP contribution is -2.07. The first-order chi connectivity index (χ1) is 7.69. The van der Waals surface area contributed by atoms with Crippen LogP contribution in [0.3, 0.4) is 0 Å². The number of rotatable bonds is 6. The summed E-state index contributed by atoms with van der Waals surface area (Å²) in [6, 6.07) is 2.70. The van der Waals surface area contributed by atoms with Gasteiger partial charge in [-0.05, 0) is 18.6 Å². The van der Waals surface area contributed by atoms with E-state index < -0.39 is 5.82 Å². The normalized spacial score (nSPS) is 10.2. The van der Waals surface area contributed by atoms with Crippen LogP contribution < -0.4 is 9.47 Å². The molecule has 1 aromatic carbocycles. The minimum Gasteiger partial charge on any atom is -0.487 e. The molecular weight excluding hydrogens is 215 g/mol. The fourth-order valence-corrected chi connectivity index (χ4v) is 1.17. The number of aryl methyl sites for hydroxylation is 1. The number of hydrogen-bond acceptors (Lipinski definition) is 4. The quantitative estimate of drug-likeness (QED) is 0.761. The highest BCUT2D eigenvalue weighted by Crippen LogP contribution is 2.30. The zero-order valence-electron chi connectivity index (χ0n) is 9.07. The molecule has 0 aliphatic carbocycles. The van der Waals surface area contributed by atoms with Gasteiger partial charge >= 0.3 is 0 Å². The van der Waals surface area contributed by atoms with Crippen LogP contribution in [0.15, 0.2) is 12.1 Å². The third-order valence-corrected chi connectivity index (χ3v) is 1.92. The first-order valence-electron chi connectivity index (χ1n) is 4.96.